The zero-order chi connectivity index (χ0) is 9.26. The van der Waals surface area contributed by atoms with Gasteiger partial charge in [-0.3, -0.25) is 0 Å². The second kappa shape index (κ2) is 3.52. The molecule has 1 aromatic heterocycles. The van der Waals surface area contributed by atoms with Crippen LogP contribution in [0.4, 0.5) is 0 Å². The van der Waals surface area contributed by atoms with Crippen LogP contribution in [0.3, 0.4) is 0 Å². The molecule has 0 aliphatic carbocycles. The van der Waals surface area contributed by atoms with Gasteiger partial charge in [0.05, 0.1) is 0 Å². The van der Waals surface area contributed by atoms with Gasteiger partial charge in [0.25, 0.3) is 0 Å². The molecule has 0 atom stereocenters. The first-order valence-electron chi connectivity index (χ1n) is 4.22. The lowest BCUT2D eigenvalue weighted by atomic mass is 10.2. The van der Waals surface area contributed by atoms with Crippen LogP contribution in [0.1, 0.15) is 5.69 Å². The molecule has 1 heterocycles. The van der Waals surface area contributed by atoms with Gasteiger partial charge in [0.15, 0.2) is 0 Å². The number of nitrogens with one attached hydrogen (secondary N) is 2. The largest absolute Gasteiger partial charge is 0.356 e. The number of halogens is 1. The van der Waals surface area contributed by atoms with Crippen molar-refractivity contribution in [2.24, 2.45) is 0 Å². The summed E-state index contributed by atoms with van der Waals surface area (Å²) in [5, 5.41) is 4.37. The van der Waals surface area contributed by atoms with Crippen molar-refractivity contribution in [1.82, 2.24) is 10.3 Å². The molecule has 2 nitrogen and oxygen atoms in total. The highest BCUT2D eigenvalue weighted by molar-refractivity contribution is 9.10. The number of hydrogen-bond donors (Lipinski definition) is 2. The molecule has 2 rings (SSSR count). The molecule has 0 saturated heterocycles. The van der Waals surface area contributed by atoms with Gasteiger partial charge >= 0.3 is 0 Å². The number of para-hydroxylation sites is 1. The molecular formula is C10H11BrN2. The predicted octanol–water partition coefficient (Wildman–Crippen LogP) is 2.65. The highest BCUT2D eigenvalue weighted by Crippen LogP contribution is 2.27. The Morgan fingerprint density at radius 1 is 1.38 bits per heavy atom. The summed E-state index contributed by atoms with van der Waals surface area (Å²) >= 11 is 3.58. The van der Waals surface area contributed by atoms with E-state index >= 15 is 0 Å². The van der Waals surface area contributed by atoms with Crippen molar-refractivity contribution < 1.29 is 0 Å². The molecule has 3 heteroatoms. The molecule has 2 N–H and O–H groups in total. The van der Waals surface area contributed by atoms with Crippen LogP contribution in [0, 0.1) is 0 Å². The molecule has 1 aromatic carbocycles. The van der Waals surface area contributed by atoms with Crippen molar-refractivity contribution in [2.45, 2.75) is 6.54 Å². The van der Waals surface area contributed by atoms with Crippen LogP contribution >= 0.6 is 15.9 Å². The maximum absolute atomic E-state index is 3.58. The number of rotatable bonds is 2. The summed E-state index contributed by atoms with van der Waals surface area (Å²) in [6.45, 7) is 0.856. The Morgan fingerprint density at radius 2 is 2.15 bits per heavy atom. The van der Waals surface area contributed by atoms with E-state index in [0.29, 0.717) is 0 Å². The van der Waals surface area contributed by atoms with Gasteiger partial charge in [0.1, 0.15) is 0 Å². The van der Waals surface area contributed by atoms with Crippen LogP contribution in [0.5, 0.6) is 0 Å². The minimum absolute atomic E-state index is 0.856. The molecule has 0 spiro atoms. The number of aromatic amines is 1. The minimum atomic E-state index is 0.856. The Kier molecular flexibility index (Phi) is 2.38. The second-order valence-corrected chi connectivity index (χ2v) is 3.79. The van der Waals surface area contributed by atoms with E-state index in [1.54, 1.807) is 0 Å². The number of hydrogen-bond acceptors (Lipinski definition) is 1. The average Bonchev–Trinajstić information content (AvgIpc) is 2.46. The maximum Gasteiger partial charge on any atom is 0.0474 e. The van der Waals surface area contributed by atoms with Crippen LogP contribution in [0.2, 0.25) is 0 Å². The molecule has 0 aliphatic heterocycles. The minimum Gasteiger partial charge on any atom is -0.356 e. The number of aromatic nitrogens is 1. The second-order valence-electron chi connectivity index (χ2n) is 2.99. The summed E-state index contributed by atoms with van der Waals surface area (Å²) in [6.07, 6.45) is 0. The fraction of sp³-hybridized carbons (Fsp3) is 0.200. The highest BCUT2D eigenvalue weighted by Gasteiger charge is 2.06. The Labute approximate surface area is 85.5 Å². The van der Waals surface area contributed by atoms with E-state index in [4.69, 9.17) is 0 Å². The highest BCUT2D eigenvalue weighted by atomic mass is 79.9. The molecule has 0 unspecified atom stereocenters. The zero-order valence-corrected chi connectivity index (χ0v) is 8.98. The average molecular weight is 239 g/mol. The third kappa shape index (κ3) is 1.49. The molecule has 0 aliphatic rings. The van der Waals surface area contributed by atoms with E-state index in [1.165, 1.54) is 16.6 Å². The lowest BCUT2D eigenvalue weighted by Gasteiger charge is -1.95. The van der Waals surface area contributed by atoms with Crippen LogP contribution in [-0.2, 0) is 6.54 Å². The van der Waals surface area contributed by atoms with Crippen molar-refractivity contribution >= 4 is 26.8 Å². The predicted molar refractivity (Wildman–Crippen MR) is 58.8 cm³/mol. The van der Waals surface area contributed by atoms with Crippen molar-refractivity contribution in [3.05, 3.63) is 34.4 Å². The first-order valence-corrected chi connectivity index (χ1v) is 5.02. The Bertz CT molecular complexity index is 420. The van der Waals surface area contributed by atoms with Crippen molar-refractivity contribution in [3.8, 4) is 0 Å². The summed E-state index contributed by atoms with van der Waals surface area (Å²) in [5.41, 5.74) is 2.38. The van der Waals surface area contributed by atoms with E-state index in [2.05, 4.69) is 38.4 Å². The van der Waals surface area contributed by atoms with Gasteiger partial charge in [0.2, 0.25) is 0 Å². The van der Waals surface area contributed by atoms with Gasteiger partial charge in [-0.05, 0) is 29.0 Å². The van der Waals surface area contributed by atoms with Crippen molar-refractivity contribution in [1.29, 1.82) is 0 Å². The SMILES string of the molecule is CNCc1[nH]c2ccccc2c1Br. The third-order valence-electron chi connectivity index (χ3n) is 2.07. The quantitative estimate of drug-likeness (QED) is 0.828. The van der Waals surface area contributed by atoms with E-state index in [0.717, 1.165) is 11.0 Å². The van der Waals surface area contributed by atoms with Gasteiger partial charge in [-0.1, -0.05) is 18.2 Å². The molecule has 0 fully saturated rings. The summed E-state index contributed by atoms with van der Waals surface area (Å²) in [5.74, 6) is 0. The summed E-state index contributed by atoms with van der Waals surface area (Å²) in [6, 6.07) is 8.27. The lowest BCUT2D eigenvalue weighted by molar-refractivity contribution is 0.796. The number of H-pyrrole nitrogens is 1. The van der Waals surface area contributed by atoms with Crippen LogP contribution in [-0.4, -0.2) is 12.0 Å². The summed E-state index contributed by atoms with van der Waals surface area (Å²) in [7, 11) is 1.94. The third-order valence-corrected chi connectivity index (χ3v) is 2.97. The molecule has 0 amide bonds. The molecule has 68 valence electrons. The van der Waals surface area contributed by atoms with Gasteiger partial charge in [-0.15, -0.1) is 0 Å². The number of fused-ring (bicyclic) bond motifs is 1. The number of benzene rings is 1. The lowest BCUT2D eigenvalue weighted by Crippen LogP contribution is -2.05. The van der Waals surface area contributed by atoms with Crippen LogP contribution in [0.15, 0.2) is 28.7 Å². The van der Waals surface area contributed by atoms with Crippen molar-refractivity contribution in [2.75, 3.05) is 7.05 Å². The van der Waals surface area contributed by atoms with Crippen LogP contribution < -0.4 is 5.32 Å². The first-order chi connectivity index (χ1) is 6.33. The van der Waals surface area contributed by atoms with Gasteiger partial charge in [0, 0.05) is 27.6 Å². The van der Waals surface area contributed by atoms with Gasteiger partial charge in [-0.25, -0.2) is 0 Å². The van der Waals surface area contributed by atoms with E-state index in [1.807, 2.05) is 19.2 Å². The maximum atomic E-state index is 3.58. The van der Waals surface area contributed by atoms with Gasteiger partial charge < -0.3 is 10.3 Å². The summed E-state index contributed by atoms with van der Waals surface area (Å²) < 4.78 is 1.16. The molecule has 0 radical (unpaired) electrons. The molecule has 0 saturated carbocycles. The van der Waals surface area contributed by atoms with Crippen molar-refractivity contribution in [3.63, 3.8) is 0 Å². The normalized spacial score (nSPS) is 10.9. The Morgan fingerprint density at radius 3 is 2.85 bits per heavy atom. The van der Waals surface area contributed by atoms with E-state index < -0.39 is 0 Å². The summed E-state index contributed by atoms with van der Waals surface area (Å²) in [4.78, 5) is 3.36. The first kappa shape index (κ1) is 8.78. The fourth-order valence-electron chi connectivity index (χ4n) is 1.46. The topological polar surface area (TPSA) is 27.8 Å². The van der Waals surface area contributed by atoms with E-state index in [9.17, 15) is 0 Å². The molecular weight excluding hydrogens is 228 g/mol. The van der Waals surface area contributed by atoms with Crippen LogP contribution in [0.25, 0.3) is 10.9 Å². The smallest absolute Gasteiger partial charge is 0.0474 e. The fourth-order valence-corrected chi connectivity index (χ4v) is 2.05. The monoisotopic (exact) mass is 238 g/mol. The molecule has 0 bridgehead atoms. The molecule has 13 heavy (non-hydrogen) atoms. The Hall–Kier alpha value is -0.800. The standard InChI is InChI=1S/C10H11BrN2/c1-12-6-9-10(11)7-4-2-3-5-8(7)13-9/h2-5,12-13H,6H2,1H3. The van der Waals surface area contributed by atoms with E-state index in [-0.39, 0.29) is 0 Å². The van der Waals surface area contributed by atoms with Gasteiger partial charge in [-0.2, -0.15) is 0 Å². The zero-order valence-electron chi connectivity index (χ0n) is 7.39. The molecule has 2 aromatic rings. The Balaban J connectivity index is 2.60.